The van der Waals surface area contributed by atoms with Gasteiger partial charge < -0.3 is 30.5 Å². The lowest BCUT2D eigenvalue weighted by atomic mass is 10.1. The van der Waals surface area contributed by atoms with Gasteiger partial charge in [0.05, 0.1) is 30.3 Å². The van der Waals surface area contributed by atoms with Crippen LogP contribution < -0.4 is 10.6 Å². The molecule has 0 saturated heterocycles. The molecule has 34 heavy (non-hydrogen) atoms. The van der Waals surface area contributed by atoms with Gasteiger partial charge in [0.1, 0.15) is 11.4 Å². The minimum absolute atomic E-state index is 0.112. The van der Waals surface area contributed by atoms with E-state index in [2.05, 4.69) is 58.7 Å². The number of aliphatic hydroxyl groups is 2. The van der Waals surface area contributed by atoms with Crippen molar-refractivity contribution >= 4 is 22.7 Å². The van der Waals surface area contributed by atoms with Crippen molar-refractivity contribution in [2.45, 2.75) is 40.0 Å². The smallest absolute Gasteiger partial charge is 0.204 e. The van der Waals surface area contributed by atoms with Gasteiger partial charge in [-0.05, 0) is 73.9 Å². The molecule has 4 rings (SSSR count). The third kappa shape index (κ3) is 5.47. The summed E-state index contributed by atoms with van der Waals surface area (Å²) in [6.07, 6.45) is -0.906. The lowest BCUT2D eigenvalue weighted by Crippen LogP contribution is -2.24. The van der Waals surface area contributed by atoms with Crippen molar-refractivity contribution in [2.24, 2.45) is 0 Å². The number of hydrogen-bond acceptors (Lipinski definition) is 7. The number of aromatic nitrogens is 3. The van der Waals surface area contributed by atoms with Crippen LogP contribution in [0.2, 0.25) is 0 Å². The Morgan fingerprint density at radius 1 is 0.941 bits per heavy atom. The van der Waals surface area contributed by atoms with E-state index in [0.29, 0.717) is 24.7 Å². The molecule has 0 unspecified atom stereocenters. The van der Waals surface area contributed by atoms with Gasteiger partial charge in [-0.2, -0.15) is 0 Å². The molecule has 0 aliphatic heterocycles. The Morgan fingerprint density at radius 2 is 1.71 bits per heavy atom. The molecule has 0 spiro atoms. The summed E-state index contributed by atoms with van der Waals surface area (Å²) >= 11 is 0. The molecule has 2 aromatic carbocycles. The minimum Gasteiger partial charge on any atom is -0.506 e. The van der Waals surface area contributed by atoms with Crippen molar-refractivity contribution < 1.29 is 15.3 Å². The highest BCUT2D eigenvalue weighted by molar-refractivity contribution is 5.80. The molecule has 1 atom stereocenters. The summed E-state index contributed by atoms with van der Waals surface area (Å²) in [5.74, 6) is 0.644. The molecular formula is C26H31N5O3. The zero-order valence-electron chi connectivity index (χ0n) is 19.7. The second-order valence-corrected chi connectivity index (χ2v) is 8.71. The molecule has 5 N–H and O–H groups in total. The van der Waals surface area contributed by atoms with Crippen molar-refractivity contribution in [1.82, 2.24) is 14.5 Å². The quantitative estimate of drug-likeness (QED) is 0.259. The number of nitrogens with zero attached hydrogens (tertiary/aromatic N) is 3. The average Bonchev–Trinajstić information content (AvgIpc) is 3.14. The molecule has 8 heteroatoms. The molecule has 178 valence electrons. The highest BCUT2D eigenvalue weighted by Gasteiger charge is 2.15. The summed E-state index contributed by atoms with van der Waals surface area (Å²) in [7, 11) is 0. The van der Waals surface area contributed by atoms with Gasteiger partial charge in [0.25, 0.3) is 0 Å². The predicted molar refractivity (Wildman–Crippen MR) is 134 cm³/mol. The molecule has 0 bridgehead atoms. The van der Waals surface area contributed by atoms with E-state index in [4.69, 9.17) is 0 Å². The van der Waals surface area contributed by atoms with Crippen LogP contribution in [0.3, 0.4) is 0 Å². The maximum atomic E-state index is 10.4. The lowest BCUT2D eigenvalue weighted by molar-refractivity contribution is 0.105. The van der Waals surface area contributed by atoms with Crippen molar-refractivity contribution in [3.8, 4) is 5.75 Å². The zero-order valence-corrected chi connectivity index (χ0v) is 19.7. The first-order chi connectivity index (χ1) is 16.3. The number of hydrogen-bond donors (Lipinski definition) is 5. The Bertz CT molecular complexity index is 1280. The normalized spacial score (nSPS) is 12.1. The van der Waals surface area contributed by atoms with Gasteiger partial charge in [-0.3, -0.25) is 4.98 Å². The van der Waals surface area contributed by atoms with E-state index in [1.54, 1.807) is 12.1 Å². The molecule has 8 nitrogen and oxygen atoms in total. The number of nitrogens with one attached hydrogen (secondary N) is 2. The number of aromatic hydroxyl groups is 1. The SMILES string of the molecule is Cc1cc(C)cc(NCc2ccc3nc(NC[C@@H](O)CO)n(Cc4nc(C)ccc4O)c3c2)c1. The Balaban J connectivity index is 1.67. The highest BCUT2D eigenvalue weighted by atomic mass is 16.3. The summed E-state index contributed by atoms with van der Waals surface area (Å²) in [5.41, 5.74) is 7.57. The summed E-state index contributed by atoms with van der Waals surface area (Å²) in [6.45, 7) is 6.79. The van der Waals surface area contributed by atoms with Gasteiger partial charge in [-0.15, -0.1) is 0 Å². The fourth-order valence-electron chi connectivity index (χ4n) is 4.00. The van der Waals surface area contributed by atoms with Crippen molar-refractivity contribution in [2.75, 3.05) is 23.8 Å². The first kappa shape index (κ1) is 23.5. The van der Waals surface area contributed by atoms with Crippen LogP contribution >= 0.6 is 0 Å². The van der Waals surface area contributed by atoms with E-state index >= 15 is 0 Å². The molecule has 0 fully saturated rings. The molecule has 2 aromatic heterocycles. The van der Waals surface area contributed by atoms with Crippen molar-refractivity contribution in [3.05, 3.63) is 76.6 Å². The highest BCUT2D eigenvalue weighted by Crippen LogP contribution is 2.26. The molecule has 2 heterocycles. The maximum Gasteiger partial charge on any atom is 0.204 e. The number of imidazole rings is 1. The summed E-state index contributed by atoms with van der Waals surface area (Å²) in [6, 6.07) is 15.8. The third-order valence-electron chi connectivity index (χ3n) is 5.63. The molecule has 0 saturated carbocycles. The second-order valence-electron chi connectivity index (χ2n) is 8.71. The Hall–Kier alpha value is -3.62. The zero-order chi connectivity index (χ0) is 24.2. The van der Waals surface area contributed by atoms with E-state index in [1.807, 2.05) is 23.6 Å². The Kier molecular flexibility index (Phi) is 7.00. The monoisotopic (exact) mass is 461 g/mol. The van der Waals surface area contributed by atoms with Crippen LogP contribution in [-0.2, 0) is 13.1 Å². The van der Waals surface area contributed by atoms with E-state index in [-0.39, 0.29) is 18.9 Å². The van der Waals surface area contributed by atoms with Gasteiger partial charge in [0, 0.05) is 24.5 Å². The van der Waals surface area contributed by atoms with Gasteiger partial charge in [-0.1, -0.05) is 12.1 Å². The van der Waals surface area contributed by atoms with Gasteiger partial charge in [0.2, 0.25) is 5.95 Å². The van der Waals surface area contributed by atoms with Crippen LogP contribution in [-0.4, -0.2) is 49.1 Å². The minimum atomic E-state index is -0.906. The van der Waals surface area contributed by atoms with Crippen LogP contribution in [0.1, 0.15) is 28.1 Å². The third-order valence-corrected chi connectivity index (χ3v) is 5.63. The van der Waals surface area contributed by atoms with Crippen molar-refractivity contribution in [1.29, 1.82) is 0 Å². The van der Waals surface area contributed by atoms with Crippen LogP contribution in [0.25, 0.3) is 11.0 Å². The first-order valence-electron chi connectivity index (χ1n) is 11.3. The first-order valence-corrected chi connectivity index (χ1v) is 11.3. The van der Waals surface area contributed by atoms with Gasteiger partial charge in [-0.25, -0.2) is 4.98 Å². The molecule has 4 aromatic rings. The summed E-state index contributed by atoms with van der Waals surface area (Å²) in [5, 5.41) is 36.0. The van der Waals surface area contributed by atoms with E-state index in [1.165, 1.54) is 11.1 Å². The van der Waals surface area contributed by atoms with E-state index < -0.39 is 6.10 Å². The lowest BCUT2D eigenvalue weighted by Gasteiger charge is -2.14. The van der Waals surface area contributed by atoms with Crippen LogP contribution in [0, 0.1) is 20.8 Å². The molecular weight excluding hydrogens is 430 g/mol. The van der Waals surface area contributed by atoms with Crippen LogP contribution in [0.4, 0.5) is 11.6 Å². The number of aryl methyl sites for hydroxylation is 3. The van der Waals surface area contributed by atoms with Crippen LogP contribution in [0.15, 0.2) is 48.5 Å². The number of benzene rings is 2. The number of aliphatic hydroxyl groups excluding tert-OH is 2. The maximum absolute atomic E-state index is 10.4. The number of anilines is 2. The molecule has 0 radical (unpaired) electrons. The van der Waals surface area contributed by atoms with Gasteiger partial charge >= 0.3 is 0 Å². The van der Waals surface area contributed by atoms with Crippen LogP contribution in [0.5, 0.6) is 5.75 Å². The Morgan fingerprint density at radius 3 is 2.44 bits per heavy atom. The summed E-state index contributed by atoms with van der Waals surface area (Å²) < 4.78 is 1.93. The molecule has 0 aliphatic carbocycles. The topological polar surface area (TPSA) is 115 Å². The molecule has 0 aliphatic rings. The number of pyridine rings is 1. The second kappa shape index (κ2) is 10.1. The Labute approximate surface area is 198 Å². The number of rotatable bonds is 9. The predicted octanol–water partition coefficient (Wildman–Crippen LogP) is 3.49. The van der Waals surface area contributed by atoms with E-state index in [9.17, 15) is 15.3 Å². The van der Waals surface area contributed by atoms with E-state index in [0.717, 1.165) is 28.0 Å². The van der Waals surface area contributed by atoms with Gasteiger partial charge in [0.15, 0.2) is 0 Å². The average molecular weight is 462 g/mol. The fraction of sp³-hybridized carbons (Fsp3) is 0.308. The largest absolute Gasteiger partial charge is 0.506 e. The standard InChI is InChI=1S/C26H31N5O3/c1-16-8-17(2)10-20(9-16)27-12-19-5-6-22-24(11-19)31(26(30-22)28-13-21(33)15-32)14-23-25(34)7-4-18(3)29-23/h4-11,21,27,32-34H,12-15H2,1-3H3,(H,28,30)/t21-/m1/s1. The molecule has 0 amide bonds. The van der Waals surface area contributed by atoms with Crippen molar-refractivity contribution in [3.63, 3.8) is 0 Å². The summed E-state index contributed by atoms with van der Waals surface area (Å²) in [4.78, 5) is 9.17. The fourth-order valence-corrected chi connectivity index (χ4v) is 4.00. The number of fused-ring (bicyclic) bond motifs is 1.